The van der Waals surface area contributed by atoms with Crippen LogP contribution in [0.3, 0.4) is 0 Å². The van der Waals surface area contributed by atoms with Crippen LogP contribution in [0, 0.1) is 0 Å². The Morgan fingerprint density at radius 3 is 2.78 bits per heavy atom. The molecule has 0 aliphatic rings. The summed E-state index contributed by atoms with van der Waals surface area (Å²) in [6, 6.07) is 7.41. The lowest BCUT2D eigenvalue weighted by Crippen LogP contribution is -2.37. The number of nitrogens with one attached hydrogen (secondary N) is 2. The summed E-state index contributed by atoms with van der Waals surface area (Å²) in [5.41, 5.74) is 1.49. The van der Waals surface area contributed by atoms with Crippen molar-refractivity contribution in [1.29, 1.82) is 0 Å². The normalized spacial score (nSPS) is 12.3. The fourth-order valence-corrected chi connectivity index (χ4v) is 1.95. The highest BCUT2D eigenvalue weighted by atomic mass is 16.4. The second-order valence-corrected chi connectivity index (χ2v) is 4.10. The lowest BCUT2D eigenvalue weighted by molar-refractivity contribution is -0.307. The van der Waals surface area contributed by atoms with Gasteiger partial charge in [0.1, 0.15) is 0 Å². The first-order valence-corrected chi connectivity index (χ1v) is 5.61. The van der Waals surface area contributed by atoms with E-state index in [9.17, 15) is 14.7 Å². The van der Waals surface area contributed by atoms with Gasteiger partial charge in [-0.15, -0.1) is 0 Å². The van der Waals surface area contributed by atoms with Crippen LogP contribution >= 0.6 is 0 Å². The van der Waals surface area contributed by atoms with Gasteiger partial charge in [0.2, 0.25) is 5.91 Å². The molecule has 0 aliphatic heterocycles. The number of para-hydroxylation sites is 1. The molecular weight excluding hydrogens is 232 g/mol. The summed E-state index contributed by atoms with van der Waals surface area (Å²) in [4.78, 5) is 25.1. The number of benzene rings is 1. The molecule has 2 N–H and O–H groups in total. The minimum Gasteiger partial charge on any atom is -0.549 e. The van der Waals surface area contributed by atoms with Gasteiger partial charge >= 0.3 is 0 Å². The molecule has 0 aliphatic carbocycles. The van der Waals surface area contributed by atoms with E-state index >= 15 is 0 Å². The van der Waals surface area contributed by atoms with Crippen molar-refractivity contribution in [3.63, 3.8) is 0 Å². The molecule has 94 valence electrons. The molecule has 0 unspecified atom stereocenters. The molecule has 1 aromatic heterocycles. The van der Waals surface area contributed by atoms with Gasteiger partial charge in [0.15, 0.2) is 0 Å². The number of carbonyl (C=O) groups is 2. The largest absolute Gasteiger partial charge is 0.549 e. The van der Waals surface area contributed by atoms with E-state index in [4.69, 9.17) is 0 Å². The third-order valence-electron chi connectivity index (χ3n) is 2.84. The number of H-pyrrole nitrogens is 1. The average molecular weight is 245 g/mol. The molecule has 2 rings (SSSR count). The Bertz CT molecular complexity index is 589. The summed E-state index contributed by atoms with van der Waals surface area (Å²) in [6.07, 6.45) is 1.65. The zero-order chi connectivity index (χ0) is 13.1. The van der Waals surface area contributed by atoms with Crippen molar-refractivity contribution < 1.29 is 14.7 Å². The van der Waals surface area contributed by atoms with Gasteiger partial charge in [-0.25, -0.2) is 0 Å². The monoisotopic (exact) mass is 245 g/mol. The van der Waals surface area contributed by atoms with Gasteiger partial charge in [-0.05, 0) is 11.6 Å². The summed E-state index contributed by atoms with van der Waals surface area (Å²) in [5.74, 6) is -2.32. The van der Waals surface area contributed by atoms with E-state index in [0.717, 1.165) is 10.9 Å². The van der Waals surface area contributed by atoms with Gasteiger partial charge in [-0.1, -0.05) is 18.2 Å². The Hall–Kier alpha value is -2.30. The highest BCUT2D eigenvalue weighted by molar-refractivity contribution is 5.89. The number of carbonyl (C=O) groups excluding carboxylic acids is 2. The number of hydrogen-bond acceptors (Lipinski definition) is 3. The zero-order valence-electron chi connectivity index (χ0n) is 9.90. The second kappa shape index (κ2) is 4.91. The molecular formula is C13H13N2O3-. The molecule has 0 bridgehead atoms. The van der Waals surface area contributed by atoms with Crippen LogP contribution in [0.1, 0.15) is 18.4 Å². The van der Waals surface area contributed by atoms with Crippen LogP contribution < -0.4 is 10.4 Å². The van der Waals surface area contributed by atoms with E-state index in [2.05, 4.69) is 10.3 Å². The minimum atomic E-state index is -1.20. The number of aromatic amines is 1. The molecule has 5 heteroatoms. The number of rotatable bonds is 4. The summed E-state index contributed by atoms with van der Waals surface area (Å²) >= 11 is 0. The van der Waals surface area contributed by atoms with Crippen molar-refractivity contribution in [2.45, 2.75) is 12.8 Å². The third kappa shape index (κ3) is 2.34. The van der Waals surface area contributed by atoms with E-state index in [1.807, 2.05) is 24.3 Å². The predicted octanol–water partition coefficient (Wildman–Crippen LogP) is 0.138. The highest BCUT2D eigenvalue weighted by Gasteiger charge is 2.17. The van der Waals surface area contributed by atoms with Crippen LogP contribution in [-0.2, 0) is 9.59 Å². The van der Waals surface area contributed by atoms with Crippen LogP contribution in [0.4, 0.5) is 0 Å². The molecule has 1 aromatic carbocycles. The maximum Gasteiger partial charge on any atom is 0.216 e. The Morgan fingerprint density at radius 2 is 2.11 bits per heavy atom. The Balaban J connectivity index is 2.36. The van der Waals surface area contributed by atoms with Gasteiger partial charge in [0, 0.05) is 36.5 Å². The first kappa shape index (κ1) is 12.2. The molecule has 18 heavy (non-hydrogen) atoms. The van der Waals surface area contributed by atoms with E-state index in [-0.39, 0.29) is 12.5 Å². The molecule has 0 saturated heterocycles. The van der Waals surface area contributed by atoms with Crippen molar-refractivity contribution in [3.8, 4) is 0 Å². The first-order valence-electron chi connectivity index (χ1n) is 5.61. The summed E-state index contributed by atoms with van der Waals surface area (Å²) in [5, 5.41) is 14.5. The number of aliphatic carboxylic acids is 1. The minimum absolute atomic E-state index is 0.0273. The molecule has 2 aromatic rings. The van der Waals surface area contributed by atoms with Crippen molar-refractivity contribution in [2.24, 2.45) is 0 Å². The van der Waals surface area contributed by atoms with Gasteiger partial charge in [0.25, 0.3) is 0 Å². The topological polar surface area (TPSA) is 85.0 Å². The van der Waals surface area contributed by atoms with E-state index in [1.165, 1.54) is 6.92 Å². The first-order chi connectivity index (χ1) is 8.59. The summed E-state index contributed by atoms with van der Waals surface area (Å²) in [7, 11) is 0. The van der Waals surface area contributed by atoms with E-state index in [0.29, 0.717) is 5.56 Å². The van der Waals surface area contributed by atoms with E-state index < -0.39 is 11.9 Å². The molecule has 1 amide bonds. The Morgan fingerprint density at radius 1 is 1.39 bits per heavy atom. The summed E-state index contributed by atoms with van der Waals surface area (Å²) < 4.78 is 0. The number of aromatic nitrogens is 1. The molecule has 5 nitrogen and oxygen atoms in total. The summed E-state index contributed by atoms with van der Waals surface area (Å²) in [6.45, 7) is 1.38. The quantitative estimate of drug-likeness (QED) is 0.803. The standard InChI is InChI=1S/C13H14N2O3/c1-8(16)14-7-11(13(17)18)10-6-15-12-5-3-2-4-9(10)12/h2-6,11,15H,7H2,1H3,(H,14,16)(H,17,18)/p-1/t11-/m1/s1. The smallest absolute Gasteiger partial charge is 0.216 e. The number of hydrogen-bond donors (Lipinski definition) is 2. The zero-order valence-corrected chi connectivity index (χ0v) is 9.90. The lowest BCUT2D eigenvalue weighted by atomic mass is 9.98. The number of carboxylic acids is 1. The van der Waals surface area contributed by atoms with E-state index in [1.54, 1.807) is 6.20 Å². The highest BCUT2D eigenvalue weighted by Crippen LogP contribution is 2.24. The Kier molecular flexibility index (Phi) is 3.32. The second-order valence-electron chi connectivity index (χ2n) is 4.10. The predicted molar refractivity (Wildman–Crippen MR) is 64.7 cm³/mol. The maximum atomic E-state index is 11.2. The van der Waals surface area contributed by atoms with Crippen molar-refractivity contribution in [3.05, 3.63) is 36.0 Å². The maximum absolute atomic E-state index is 11.2. The van der Waals surface area contributed by atoms with Gasteiger partial charge < -0.3 is 20.2 Å². The van der Waals surface area contributed by atoms with Gasteiger partial charge in [0.05, 0.1) is 5.97 Å². The average Bonchev–Trinajstić information content (AvgIpc) is 2.73. The number of fused-ring (bicyclic) bond motifs is 1. The van der Waals surface area contributed by atoms with Gasteiger partial charge in [-0.2, -0.15) is 0 Å². The Labute approximate surface area is 104 Å². The molecule has 1 atom stereocenters. The van der Waals surface area contributed by atoms with Crippen molar-refractivity contribution in [2.75, 3.05) is 6.54 Å². The third-order valence-corrected chi connectivity index (χ3v) is 2.84. The lowest BCUT2D eigenvalue weighted by Gasteiger charge is -2.17. The van der Waals surface area contributed by atoms with Crippen LogP contribution in [0.2, 0.25) is 0 Å². The number of carboxylic acid groups (broad SMARTS) is 1. The molecule has 0 spiro atoms. The van der Waals surface area contributed by atoms with Crippen LogP contribution in [0.5, 0.6) is 0 Å². The van der Waals surface area contributed by atoms with Gasteiger partial charge in [-0.3, -0.25) is 4.79 Å². The number of amides is 1. The fraction of sp³-hybridized carbons (Fsp3) is 0.231. The molecule has 1 heterocycles. The van der Waals surface area contributed by atoms with Crippen molar-refractivity contribution in [1.82, 2.24) is 10.3 Å². The molecule has 0 saturated carbocycles. The fourth-order valence-electron chi connectivity index (χ4n) is 1.95. The molecule has 0 radical (unpaired) electrons. The van der Waals surface area contributed by atoms with Crippen LogP contribution in [-0.4, -0.2) is 23.4 Å². The van der Waals surface area contributed by atoms with Crippen molar-refractivity contribution >= 4 is 22.8 Å². The molecule has 0 fully saturated rings. The SMILES string of the molecule is CC(=O)NC[C@@H](C(=O)[O-])c1c[nH]c2ccccc12. The van der Waals surface area contributed by atoms with Crippen LogP contribution in [0.25, 0.3) is 10.9 Å². The van der Waals surface area contributed by atoms with Crippen LogP contribution in [0.15, 0.2) is 30.5 Å².